The van der Waals surface area contributed by atoms with Crippen molar-refractivity contribution >= 4 is 15.7 Å². The van der Waals surface area contributed by atoms with E-state index in [4.69, 9.17) is 4.74 Å². The molecule has 0 aromatic heterocycles. The number of amides is 1. The topological polar surface area (TPSA) is 92.7 Å². The molecule has 1 amide bonds. The lowest BCUT2D eigenvalue weighted by Gasteiger charge is -2.27. The van der Waals surface area contributed by atoms with Gasteiger partial charge in [0.25, 0.3) is 0 Å². The summed E-state index contributed by atoms with van der Waals surface area (Å²) < 4.78 is 31.4. The number of nitrogens with one attached hydrogen (secondary N) is 1. The van der Waals surface area contributed by atoms with Crippen LogP contribution >= 0.6 is 0 Å². The molecule has 0 unspecified atom stereocenters. The molecule has 3 rings (SSSR count). The van der Waals surface area contributed by atoms with E-state index in [1.165, 1.54) is 6.92 Å². The van der Waals surface area contributed by atoms with E-state index >= 15 is 0 Å². The Labute approximate surface area is 152 Å². The van der Waals surface area contributed by atoms with Crippen molar-refractivity contribution in [1.82, 2.24) is 5.32 Å². The van der Waals surface area contributed by atoms with Crippen LogP contribution in [-0.2, 0) is 21.1 Å². The molecule has 1 heterocycles. The summed E-state index contributed by atoms with van der Waals surface area (Å²) in [7, 11) is -3.61. The SMILES string of the molecule is C[C@H](O)C(=O)NC[C@H]1CCc2ccc(S(=O)(=O)c3ccccc3)cc2O1. The van der Waals surface area contributed by atoms with E-state index in [9.17, 15) is 18.3 Å². The van der Waals surface area contributed by atoms with Crippen LogP contribution in [0.2, 0.25) is 0 Å². The molecule has 26 heavy (non-hydrogen) atoms. The highest BCUT2D eigenvalue weighted by Crippen LogP contribution is 2.32. The molecule has 2 aromatic rings. The standard InChI is InChI=1S/C19H21NO5S/c1-13(21)19(22)20-12-15-9-7-14-8-10-17(11-18(14)25-15)26(23,24)16-5-3-2-4-6-16/h2-6,8,10-11,13,15,21H,7,9,12H2,1H3,(H,20,22)/t13-,15+/m0/s1. The van der Waals surface area contributed by atoms with Gasteiger partial charge in [-0.3, -0.25) is 4.79 Å². The largest absolute Gasteiger partial charge is 0.488 e. The van der Waals surface area contributed by atoms with E-state index in [1.54, 1.807) is 48.5 Å². The van der Waals surface area contributed by atoms with Gasteiger partial charge in [-0.05, 0) is 49.6 Å². The summed E-state index contributed by atoms with van der Waals surface area (Å²) in [6.07, 6.45) is 0.0991. The zero-order valence-electron chi connectivity index (χ0n) is 14.4. The minimum absolute atomic E-state index is 0.177. The molecule has 0 saturated heterocycles. The number of carbonyl (C=O) groups excluding carboxylic acids is 1. The zero-order chi connectivity index (χ0) is 18.7. The Morgan fingerprint density at radius 2 is 1.96 bits per heavy atom. The Morgan fingerprint density at radius 1 is 1.23 bits per heavy atom. The minimum atomic E-state index is -3.61. The summed E-state index contributed by atoms with van der Waals surface area (Å²) in [6, 6.07) is 13.2. The Bertz CT molecular complexity index is 893. The number of aliphatic hydroxyl groups excluding tert-OH is 1. The first kappa shape index (κ1) is 18.4. The van der Waals surface area contributed by atoms with Crippen molar-refractivity contribution in [2.45, 2.75) is 41.8 Å². The van der Waals surface area contributed by atoms with Gasteiger partial charge in [0.2, 0.25) is 15.7 Å². The van der Waals surface area contributed by atoms with Gasteiger partial charge in [-0.15, -0.1) is 0 Å². The van der Waals surface area contributed by atoms with E-state index in [0.29, 0.717) is 12.2 Å². The number of ether oxygens (including phenoxy) is 1. The molecule has 1 aliphatic rings. The second kappa shape index (κ2) is 7.47. The first-order valence-corrected chi connectivity index (χ1v) is 9.92. The predicted molar refractivity (Wildman–Crippen MR) is 95.8 cm³/mol. The Morgan fingerprint density at radius 3 is 2.65 bits per heavy atom. The van der Waals surface area contributed by atoms with E-state index in [0.717, 1.165) is 12.0 Å². The molecule has 7 heteroatoms. The van der Waals surface area contributed by atoms with Crippen molar-refractivity contribution in [1.29, 1.82) is 0 Å². The highest BCUT2D eigenvalue weighted by atomic mass is 32.2. The van der Waals surface area contributed by atoms with Crippen LogP contribution < -0.4 is 10.1 Å². The lowest BCUT2D eigenvalue weighted by Crippen LogP contribution is -2.41. The summed E-state index contributed by atoms with van der Waals surface area (Å²) in [5, 5.41) is 11.8. The highest BCUT2D eigenvalue weighted by molar-refractivity contribution is 7.91. The van der Waals surface area contributed by atoms with Crippen molar-refractivity contribution in [3.8, 4) is 5.75 Å². The summed E-state index contributed by atoms with van der Waals surface area (Å²) >= 11 is 0. The molecule has 6 nitrogen and oxygen atoms in total. The number of benzene rings is 2. The van der Waals surface area contributed by atoms with Crippen LogP contribution in [0.4, 0.5) is 0 Å². The number of aliphatic hydroxyl groups is 1. The Balaban J connectivity index is 1.79. The quantitative estimate of drug-likeness (QED) is 0.830. The monoisotopic (exact) mass is 375 g/mol. The van der Waals surface area contributed by atoms with Gasteiger partial charge in [0.05, 0.1) is 16.3 Å². The third-order valence-electron chi connectivity index (χ3n) is 4.32. The van der Waals surface area contributed by atoms with Gasteiger partial charge in [0.15, 0.2) is 0 Å². The average molecular weight is 375 g/mol. The number of hydrogen-bond donors (Lipinski definition) is 2. The van der Waals surface area contributed by atoms with Gasteiger partial charge in [0.1, 0.15) is 18.0 Å². The van der Waals surface area contributed by atoms with Gasteiger partial charge >= 0.3 is 0 Å². The lowest BCUT2D eigenvalue weighted by atomic mass is 10.0. The maximum absolute atomic E-state index is 12.8. The minimum Gasteiger partial charge on any atom is -0.488 e. The first-order chi connectivity index (χ1) is 12.4. The molecule has 2 aromatic carbocycles. The van der Waals surface area contributed by atoms with Gasteiger partial charge in [-0.25, -0.2) is 8.42 Å². The van der Waals surface area contributed by atoms with Gasteiger partial charge < -0.3 is 15.2 Å². The Kier molecular flexibility index (Phi) is 5.29. The van der Waals surface area contributed by atoms with Crippen LogP contribution in [0.1, 0.15) is 18.9 Å². The summed E-state index contributed by atoms with van der Waals surface area (Å²) in [5.41, 5.74) is 0.940. The number of aryl methyl sites for hydroxylation is 1. The fourth-order valence-corrected chi connectivity index (χ4v) is 4.11. The zero-order valence-corrected chi connectivity index (χ0v) is 15.2. The molecule has 0 fully saturated rings. The maximum Gasteiger partial charge on any atom is 0.248 e. The second-order valence-electron chi connectivity index (χ2n) is 6.29. The molecular weight excluding hydrogens is 354 g/mol. The third kappa shape index (κ3) is 3.89. The van der Waals surface area contributed by atoms with Crippen LogP contribution in [0.15, 0.2) is 58.3 Å². The van der Waals surface area contributed by atoms with Crippen molar-refractivity contribution in [3.05, 3.63) is 54.1 Å². The fraction of sp³-hybridized carbons (Fsp3) is 0.316. The van der Waals surface area contributed by atoms with Crippen LogP contribution in [0.5, 0.6) is 5.75 Å². The van der Waals surface area contributed by atoms with Gasteiger partial charge in [-0.2, -0.15) is 0 Å². The van der Waals surface area contributed by atoms with Crippen molar-refractivity contribution in [2.75, 3.05) is 6.54 Å². The predicted octanol–water partition coefficient (Wildman–Crippen LogP) is 1.71. The van der Waals surface area contributed by atoms with Crippen molar-refractivity contribution in [2.24, 2.45) is 0 Å². The van der Waals surface area contributed by atoms with Gasteiger partial charge in [-0.1, -0.05) is 24.3 Å². The number of rotatable bonds is 5. The number of sulfone groups is 1. The molecule has 0 spiro atoms. The second-order valence-corrected chi connectivity index (χ2v) is 8.24. The summed E-state index contributed by atoms with van der Waals surface area (Å²) in [5.74, 6) is 0.0596. The summed E-state index contributed by atoms with van der Waals surface area (Å²) in [4.78, 5) is 11.9. The van der Waals surface area contributed by atoms with E-state index < -0.39 is 21.8 Å². The van der Waals surface area contributed by atoms with E-state index in [-0.39, 0.29) is 22.4 Å². The molecule has 0 bridgehead atoms. The van der Waals surface area contributed by atoms with Crippen molar-refractivity contribution in [3.63, 3.8) is 0 Å². The third-order valence-corrected chi connectivity index (χ3v) is 6.08. The highest BCUT2D eigenvalue weighted by Gasteiger charge is 2.24. The van der Waals surface area contributed by atoms with E-state index in [1.807, 2.05) is 0 Å². The molecule has 138 valence electrons. The molecule has 0 saturated carbocycles. The first-order valence-electron chi connectivity index (χ1n) is 8.43. The van der Waals surface area contributed by atoms with Gasteiger partial charge in [0, 0.05) is 0 Å². The smallest absolute Gasteiger partial charge is 0.248 e. The van der Waals surface area contributed by atoms with Crippen LogP contribution in [0, 0.1) is 0 Å². The van der Waals surface area contributed by atoms with Crippen molar-refractivity contribution < 1.29 is 23.1 Å². The lowest BCUT2D eigenvalue weighted by molar-refractivity contribution is -0.128. The average Bonchev–Trinajstić information content (AvgIpc) is 2.66. The molecule has 0 aliphatic carbocycles. The Hall–Kier alpha value is -2.38. The molecule has 2 N–H and O–H groups in total. The fourth-order valence-electron chi connectivity index (χ4n) is 2.81. The number of carbonyl (C=O) groups is 1. The summed E-state index contributed by atoms with van der Waals surface area (Å²) in [6.45, 7) is 1.66. The molecule has 1 aliphatic heterocycles. The number of fused-ring (bicyclic) bond motifs is 1. The normalized spacial score (nSPS) is 17.7. The number of hydrogen-bond acceptors (Lipinski definition) is 5. The maximum atomic E-state index is 12.8. The molecular formula is C19H21NO5S. The van der Waals surface area contributed by atoms with Crippen LogP contribution in [0.25, 0.3) is 0 Å². The molecule has 2 atom stereocenters. The van der Waals surface area contributed by atoms with E-state index in [2.05, 4.69) is 5.32 Å². The van der Waals surface area contributed by atoms with Crippen LogP contribution in [-0.4, -0.2) is 38.2 Å². The van der Waals surface area contributed by atoms with Crippen LogP contribution in [0.3, 0.4) is 0 Å². The molecule has 0 radical (unpaired) electrons.